The van der Waals surface area contributed by atoms with E-state index in [-0.39, 0.29) is 5.56 Å². The molecule has 0 radical (unpaired) electrons. The zero-order chi connectivity index (χ0) is 14.0. The Morgan fingerprint density at radius 2 is 2.21 bits per heavy atom. The predicted octanol–water partition coefficient (Wildman–Crippen LogP) is 2.53. The van der Waals surface area contributed by atoms with Gasteiger partial charge in [0.1, 0.15) is 13.1 Å². The Morgan fingerprint density at radius 1 is 1.47 bits per heavy atom. The van der Waals surface area contributed by atoms with E-state index in [9.17, 15) is 4.79 Å². The highest BCUT2D eigenvalue weighted by atomic mass is 35.5. The molecule has 5 nitrogen and oxygen atoms in total. The number of benzene rings is 1. The van der Waals surface area contributed by atoms with E-state index >= 15 is 0 Å². The number of anilines is 1. The minimum atomic E-state index is -0.592. The van der Waals surface area contributed by atoms with Gasteiger partial charge < -0.3 is 5.73 Å². The van der Waals surface area contributed by atoms with E-state index in [1.807, 2.05) is 4.70 Å². The van der Waals surface area contributed by atoms with E-state index in [0.29, 0.717) is 41.2 Å². The van der Waals surface area contributed by atoms with Crippen molar-refractivity contribution in [3.63, 3.8) is 0 Å². The molecular weight excluding hydrogens is 311 g/mol. The van der Waals surface area contributed by atoms with Gasteiger partial charge in [-0.05, 0) is 12.1 Å². The maximum Gasteiger partial charge on any atom is 0.253 e. The minimum absolute atomic E-state index is 0.258. The van der Waals surface area contributed by atoms with Gasteiger partial charge >= 0.3 is 0 Å². The third-order valence-corrected chi connectivity index (χ3v) is 3.37. The largest absolute Gasteiger partial charge is 0.365 e. The van der Waals surface area contributed by atoms with E-state index in [0.717, 1.165) is 0 Å². The fourth-order valence-electron chi connectivity index (χ4n) is 1.88. The van der Waals surface area contributed by atoms with Crippen LogP contribution in [0.3, 0.4) is 0 Å². The average molecular weight is 323 g/mol. The summed E-state index contributed by atoms with van der Waals surface area (Å²) in [4.78, 5) is 11.5. The summed E-state index contributed by atoms with van der Waals surface area (Å²) in [5.74, 6) is -0.112. The summed E-state index contributed by atoms with van der Waals surface area (Å²) < 4.78 is 1.81. The molecule has 19 heavy (non-hydrogen) atoms. The number of amides is 1. The number of halogens is 3. The van der Waals surface area contributed by atoms with Crippen molar-refractivity contribution < 1.29 is 9.49 Å². The van der Waals surface area contributed by atoms with Gasteiger partial charge in [-0.2, -0.15) is 4.70 Å². The van der Waals surface area contributed by atoms with Crippen molar-refractivity contribution >= 4 is 46.4 Å². The van der Waals surface area contributed by atoms with Crippen LogP contribution in [-0.4, -0.2) is 36.1 Å². The third kappa shape index (κ3) is 3.11. The molecule has 0 unspecified atom stereocenters. The smallest absolute Gasteiger partial charge is 0.253 e. The maximum absolute atomic E-state index is 11.5. The van der Waals surface area contributed by atoms with Crippen molar-refractivity contribution in [1.29, 1.82) is 0 Å². The molecule has 102 valence electrons. The number of nitrogens with two attached hydrogens (primary N) is 1. The SMILES string of the molecule is NC(=O)c1cc(Cl)cc(Cl)c1N1CC[N+](CCCl)=N1. The molecule has 1 aromatic rings. The monoisotopic (exact) mass is 321 g/mol. The Bertz CT molecular complexity index is 547. The van der Waals surface area contributed by atoms with Crippen LogP contribution >= 0.6 is 34.8 Å². The van der Waals surface area contributed by atoms with Gasteiger partial charge in [-0.25, -0.2) is 0 Å². The van der Waals surface area contributed by atoms with Crippen LogP contribution in [0.2, 0.25) is 10.0 Å². The predicted molar refractivity (Wildman–Crippen MR) is 75.5 cm³/mol. The summed E-state index contributed by atoms with van der Waals surface area (Å²) in [7, 11) is 0. The Hall–Kier alpha value is -1.04. The summed E-state index contributed by atoms with van der Waals surface area (Å²) in [6.07, 6.45) is 0. The maximum atomic E-state index is 11.5. The fraction of sp³-hybridized carbons (Fsp3) is 0.364. The minimum Gasteiger partial charge on any atom is -0.365 e. The van der Waals surface area contributed by atoms with Crippen LogP contribution in [0, 0.1) is 0 Å². The zero-order valence-electron chi connectivity index (χ0n) is 9.94. The van der Waals surface area contributed by atoms with Gasteiger partial charge in [-0.1, -0.05) is 23.2 Å². The number of rotatable bonds is 4. The lowest BCUT2D eigenvalue weighted by molar-refractivity contribution is -0.575. The number of primary amides is 1. The Kier molecular flexibility index (Phi) is 4.50. The zero-order valence-corrected chi connectivity index (χ0v) is 12.2. The topological polar surface area (TPSA) is 61.7 Å². The lowest BCUT2D eigenvalue weighted by Gasteiger charge is -2.10. The van der Waals surface area contributed by atoms with Gasteiger partial charge in [0.05, 0.1) is 21.7 Å². The van der Waals surface area contributed by atoms with Crippen molar-refractivity contribution in [2.75, 3.05) is 30.5 Å². The number of hydrogen-bond donors (Lipinski definition) is 1. The molecule has 1 aliphatic heterocycles. The van der Waals surface area contributed by atoms with E-state index in [2.05, 4.69) is 5.22 Å². The van der Waals surface area contributed by atoms with Crippen LogP contribution in [-0.2, 0) is 0 Å². The van der Waals surface area contributed by atoms with E-state index in [4.69, 9.17) is 40.5 Å². The van der Waals surface area contributed by atoms with Gasteiger partial charge in [0.15, 0.2) is 12.2 Å². The molecule has 1 aromatic carbocycles. The molecule has 0 spiro atoms. The second-order valence-corrected chi connectivity index (χ2v) is 5.22. The summed E-state index contributed by atoms with van der Waals surface area (Å²) >= 11 is 17.7. The van der Waals surface area contributed by atoms with Crippen molar-refractivity contribution in [3.8, 4) is 0 Å². The molecule has 0 saturated carbocycles. The molecule has 1 aliphatic rings. The number of alkyl halides is 1. The highest BCUT2D eigenvalue weighted by molar-refractivity contribution is 6.37. The van der Waals surface area contributed by atoms with Gasteiger partial charge in [0, 0.05) is 5.02 Å². The second-order valence-electron chi connectivity index (χ2n) is 4.00. The van der Waals surface area contributed by atoms with Crippen LogP contribution in [0.15, 0.2) is 17.4 Å². The number of carbonyl (C=O) groups is 1. The molecule has 0 bridgehead atoms. The van der Waals surface area contributed by atoms with Gasteiger partial charge in [-0.15, -0.1) is 16.6 Å². The first-order valence-electron chi connectivity index (χ1n) is 5.62. The summed E-state index contributed by atoms with van der Waals surface area (Å²) in [5.41, 5.74) is 6.09. The molecule has 1 amide bonds. The Labute approximate surface area is 125 Å². The summed E-state index contributed by atoms with van der Waals surface area (Å²) in [6, 6.07) is 3.05. The molecular formula is C11H12Cl3N4O+. The number of hydrogen-bond acceptors (Lipinski definition) is 3. The number of nitrogens with zero attached hydrogens (tertiary/aromatic N) is 3. The van der Waals surface area contributed by atoms with Crippen LogP contribution < -0.4 is 10.7 Å². The summed E-state index contributed by atoms with van der Waals surface area (Å²) in [6.45, 7) is 1.96. The Balaban J connectivity index is 2.42. The van der Waals surface area contributed by atoms with Crippen molar-refractivity contribution in [2.45, 2.75) is 0 Å². The highest BCUT2D eigenvalue weighted by Gasteiger charge is 2.30. The average Bonchev–Trinajstić information content (AvgIpc) is 2.76. The van der Waals surface area contributed by atoms with Crippen LogP contribution in [0.5, 0.6) is 0 Å². The summed E-state index contributed by atoms with van der Waals surface area (Å²) in [5, 5.41) is 6.68. The van der Waals surface area contributed by atoms with Gasteiger partial charge in [0.2, 0.25) is 0 Å². The second kappa shape index (κ2) is 5.94. The van der Waals surface area contributed by atoms with E-state index < -0.39 is 5.91 Å². The van der Waals surface area contributed by atoms with E-state index in [1.165, 1.54) is 6.07 Å². The van der Waals surface area contributed by atoms with Crippen LogP contribution in [0.25, 0.3) is 0 Å². The molecule has 0 aromatic heterocycles. The molecule has 2 N–H and O–H groups in total. The number of carbonyl (C=O) groups excluding carboxylic acids is 1. The first-order valence-corrected chi connectivity index (χ1v) is 6.91. The molecule has 0 aliphatic carbocycles. The Morgan fingerprint density at radius 3 is 2.84 bits per heavy atom. The normalized spacial score (nSPS) is 14.7. The quantitative estimate of drug-likeness (QED) is 0.684. The molecule has 2 rings (SSSR count). The van der Waals surface area contributed by atoms with Crippen LogP contribution in [0.4, 0.5) is 5.69 Å². The molecule has 0 saturated heterocycles. The first kappa shape index (κ1) is 14.4. The van der Waals surface area contributed by atoms with Gasteiger partial charge in [-0.3, -0.25) is 4.79 Å². The van der Waals surface area contributed by atoms with E-state index in [1.54, 1.807) is 11.1 Å². The van der Waals surface area contributed by atoms with Crippen molar-refractivity contribution in [3.05, 3.63) is 27.7 Å². The first-order chi connectivity index (χ1) is 9.02. The fourth-order valence-corrected chi connectivity index (χ4v) is 2.67. The molecule has 0 fully saturated rings. The highest BCUT2D eigenvalue weighted by Crippen LogP contribution is 2.34. The standard InChI is InChI=1S/C11H11Cl3N4O/c12-1-2-17-3-4-18(16-17)10-8(11(15)19)5-7(13)6-9(10)14/h5-6H,1-4H2,(H-,15,19)/p+1. The molecule has 8 heteroatoms. The molecule has 1 heterocycles. The lowest BCUT2D eigenvalue weighted by atomic mass is 10.1. The van der Waals surface area contributed by atoms with Crippen molar-refractivity contribution in [2.24, 2.45) is 11.0 Å². The van der Waals surface area contributed by atoms with Crippen molar-refractivity contribution in [1.82, 2.24) is 0 Å². The molecule has 0 atom stereocenters. The lowest BCUT2D eigenvalue weighted by Crippen LogP contribution is -2.21. The third-order valence-electron chi connectivity index (χ3n) is 2.70. The van der Waals surface area contributed by atoms with Gasteiger partial charge in [0.25, 0.3) is 5.91 Å². The van der Waals surface area contributed by atoms with Crippen LogP contribution in [0.1, 0.15) is 10.4 Å².